The molecule has 126 valence electrons. The van der Waals surface area contributed by atoms with E-state index in [4.69, 9.17) is 0 Å². The van der Waals surface area contributed by atoms with Crippen molar-refractivity contribution in [3.63, 3.8) is 0 Å². The first-order chi connectivity index (χ1) is 11.5. The summed E-state index contributed by atoms with van der Waals surface area (Å²) >= 11 is 0. The molecule has 0 saturated carbocycles. The predicted octanol–water partition coefficient (Wildman–Crippen LogP) is 0.673. The number of benzene rings is 1. The van der Waals surface area contributed by atoms with E-state index in [0.717, 1.165) is 30.4 Å². The summed E-state index contributed by atoms with van der Waals surface area (Å²) < 4.78 is 0. The molecule has 0 fully saturated rings. The number of carbonyl (C=O) groups is 1. The summed E-state index contributed by atoms with van der Waals surface area (Å²) in [6, 6.07) is 8.72. The zero-order chi connectivity index (χ0) is 17.5. The van der Waals surface area contributed by atoms with E-state index in [1.54, 1.807) is 0 Å². The fraction of sp³-hybridized carbons (Fsp3) is 0.250. The number of hydrogen-bond donors (Lipinski definition) is 3. The van der Waals surface area contributed by atoms with Crippen molar-refractivity contribution < 1.29 is 4.79 Å². The van der Waals surface area contributed by atoms with E-state index in [9.17, 15) is 14.4 Å². The van der Waals surface area contributed by atoms with Crippen molar-refractivity contribution in [2.24, 2.45) is 5.10 Å². The second-order valence-corrected chi connectivity index (χ2v) is 4.96. The third-order valence-corrected chi connectivity index (χ3v) is 3.41. The predicted molar refractivity (Wildman–Crippen MR) is 92.7 cm³/mol. The molecule has 3 N–H and O–H groups in total. The molecule has 0 aliphatic rings. The van der Waals surface area contributed by atoms with Crippen LogP contribution in [0.25, 0.3) is 0 Å². The average Bonchev–Trinajstić information content (AvgIpc) is 2.56. The lowest BCUT2D eigenvalue weighted by molar-refractivity contribution is 0.0949. The fourth-order valence-electron chi connectivity index (χ4n) is 2.18. The van der Waals surface area contributed by atoms with E-state index in [-0.39, 0.29) is 5.69 Å². The molecule has 8 nitrogen and oxygen atoms in total. The highest BCUT2D eigenvalue weighted by Crippen LogP contribution is 2.13. The summed E-state index contributed by atoms with van der Waals surface area (Å²) in [5, 5.41) is 3.82. The number of carbonyl (C=O) groups excluding carboxylic acids is 1. The second kappa shape index (κ2) is 7.91. The number of H-pyrrole nitrogens is 2. The summed E-state index contributed by atoms with van der Waals surface area (Å²) in [6.07, 6.45) is 1.48. The second-order valence-electron chi connectivity index (χ2n) is 4.96. The van der Waals surface area contributed by atoms with Crippen molar-refractivity contribution >= 4 is 17.8 Å². The van der Waals surface area contributed by atoms with Crippen molar-refractivity contribution in [1.82, 2.24) is 15.4 Å². The molecule has 0 aliphatic heterocycles. The molecule has 2 aromatic rings. The van der Waals surface area contributed by atoms with Gasteiger partial charge in [0.25, 0.3) is 11.5 Å². The molecule has 24 heavy (non-hydrogen) atoms. The van der Waals surface area contributed by atoms with Gasteiger partial charge in [0.15, 0.2) is 0 Å². The SMILES string of the molecule is CCN(CC)c1ccc(/C=N/NC(=O)c2cc(=O)[nH]c(=O)[nH]2)cc1. The van der Waals surface area contributed by atoms with E-state index < -0.39 is 17.2 Å². The monoisotopic (exact) mass is 329 g/mol. The number of amides is 1. The first-order valence-electron chi connectivity index (χ1n) is 7.55. The van der Waals surface area contributed by atoms with E-state index in [1.807, 2.05) is 29.2 Å². The molecule has 0 saturated heterocycles. The Balaban J connectivity index is 2.02. The Morgan fingerprint density at radius 2 is 1.83 bits per heavy atom. The standard InChI is InChI=1S/C16H19N5O3/c1-3-21(4-2)12-7-5-11(6-8-12)10-17-20-15(23)13-9-14(22)19-16(24)18-13/h5-10H,3-4H2,1-2H3,(H,20,23)(H2,18,19,22,24)/b17-10+. The Labute approximate surface area is 138 Å². The molecule has 1 amide bonds. The van der Waals surface area contributed by atoms with Crippen LogP contribution in [0.1, 0.15) is 29.9 Å². The largest absolute Gasteiger partial charge is 0.372 e. The minimum atomic E-state index is -0.747. The molecule has 2 rings (SSSR count). The van der Waals surface area contributed by atoms with Crippen molar-refractivity contribution in [3.05, 3.63) is 62.4 Å². The van der Waals surface area contributed by atoms with E-state index in [0.29, 0.717) is 0 Å². The minimum Gasteiger partial charge on any atom is -0.372 e. The van der Waals surface area contributed by atoms with Crippen LogP contribution in [0.4, 0.5) is 5.69 Å². The van der Waals surface area contributed by atoms with Gasteiger partial charge in [-0.25, -0.2) is 10.2 Å². The lowest BCUT2D eigenvalue weighted by atomic mass is 10.2. The summed E-state index contributed by atoms with van der Waals surface area (Å²) in [7, 11) is 0. The zero-order valence-corrected chi connectivity index (χ0v) is 13.5. The van der Waals surface area contributed by atoms with Gasteiger partial charge in [-0.15, -0.1) is 0 Å². The van der Waals surface area contributed by atoms with Crippen molar-refractivity contribution in [1.29, 1.82) is 0 Å². The van der Waals surface area contributed by atoms with E-state index in [2.05, 4.69) is 34.3 Å². The normalized spacial score (nSPS) is 10.8. The number of anilines is 1. The molecule has 0 unspecified atom stereocenters. The Morgan fingerprint density at radius 1 is 1.17 bits per heavy atom. The maximum atomic E-state index is 11.8. The van der Waals surface area contributed by atoms with Gasteiger partial charge in [0.1, 0.15) is 5.69 Å². The maximum Gasteiger partial charge on any atom is 0.326 e. The number of nitrogens with one attached hydrogen (secondary N) is 3. The Hall–Kier alpha value is -3.16. The van der Waals surface area contributed by atoms with Gasteiger partial charge in [-0.05, 0) is 31.5 Å². The maximum absolute atomic E-state index is 11.8. The molecule has 0 aliphatic carbocycles. The summed E-state index contributed by atoms with van der Waals surface area (Å²) in [5.74, 6) is -0.672. The molecule has 1 heterocycles. The third kappa shape index (κ3) is 4.42. The van der Waals surface area contributed by atoms with Gasteiger partial charge in [-0.3, -0.25) is 14.6 Å². The van der Waals surface area contributed by atoms with Crippen LogP contribution in [0, 0.1) is 0 Å². The fourth-order valence-corrected chi connectivity index (χ4v) is 2.18. The number of rotatable bonds is 6. The van der Waals surface area contributed by atoms with Gasteiger partial charge in [-0.2, -0.15) is 5.10 Å². The molecular formula is C16H19N5O3. The van der Waals surface area contributed by atoms with Crippen LogP contribution in [0.3, 0.4) is 0 Å². The molecule has 1 aromatic heterocycles. The summed E-state index contributed by atoms with van der Waals surface area (Å²) in [6.45, 7) is 6.03. The summed E-state index contributed by atoms with van der Waals surface area (Å²) in [5.41, 5.74) is 2.63. The number of hydrogen-bond acceptors (Lipinski definition) is 5. The van der Waals surface area contributed by atoms with Crippen molar-refractivity contribution in [2.75, 3.05) is 18.0 Å². The van der Waals surface area contributed by atoms with Crippen LogP contribution in [0.2, 0.25) is 0 Å². The van der Waals surface area contributed by atoms with Gasteiger partial charge in [0.05, 0.1) is 6.21 Å². The van der Waals surface area contributed by atoms with E-state index >= 15 is 0 Å². The average molecular weight is 329 g/mol. The van der Waals surface area contributed by atoms with Crippen molar-refractivity contribution in [3.8, 4) is 0 Å². The first-order valence-corrected chi connectivity index (χ1v) is 7.55. The first kappa shape index (κ1) is 17.2. The third-order valence-electron chi connectivity index (χ3n) is 3.41. The minimum absolute atomic E-state index is 0.155. The van der Waals surface area contributed by atoms with Gasteiger partial charge in [0, 0.05) is 24.8 Å². The molecule has 1 aromatic carbocycles. The lowest BCUT2D eigenvalue weighted by Crippen LogP contribution is -2.28. The van der Waals surface area contributed by atoms with Crippen LogP contribution in [0.15, 0.2) is 45.0 Å². The smallest absolute Gasteiger partial charge is 0.326 e. The quantitative estimate of drug-likeness (QED) is 0.534. The highest BCUT2D eigenvalue weighted by Gasteiger charge is 2.06. The molecular weight excluding hydrogens is 310 g/mol. The molecule has 0 atom stereocenters. The van der Waals surface area contributed by atoms with Crippen LogP contribution < -0.4 is 21.6 Å². The number of aromatic nitrogens is 2. The van der Waals surface area contributed by atoms with Crippen LogP contribution in [0.5, 0.6) is 0 Å². The van der Waals surface area contributed by atoms with Crippen LogP contribution >= 0.6 is 0 Å². The lowest BCUT2D eigenvalue weighted by Gasteiger charge is -2.20. The van der Waals surface area contributed by atoms with Gasteiger partial charge < -0.3 is 9.88 Å². The zero-order valence-electron chi connectivity index (χ0n) is 13.5. The summed E-state index contributed by atoms with van der Waals surface area (Å²) in [4.78, 5) is 40.5. The highest BCUT2D eigenvalue weighted by atomic mass is 16.2. The Morgan fingerprint density at radius 3 is 2.42 bits per heavy atom. The van der Waals surface area contributed by atoms with Gasteiger partial charge in [0.2, 0.25) is 0 Å². The number of aromatic amines is 2. The van der Waals surface area contributed by atoms with Crippen LogP contribution in [-0.2, 0) is 0 Å². The highest BCUT2D eigenvalue weighted by molar-refractivity contribution is 5.92. The number of nitrogens with zero attached hydrogens (tertiary/aromatic N) is 2. The van der Waals surface area contributed by atoms with Gasteiger partial charge in [-0.1, -0.05) is 12.1 Å². The Kier molecular flexibility index (Phi) is 5.67. The van der Waals surface area contributed by atoms with Gasteiger partial charge >= 0.3 is 5.69 Å². The molecule has 0 radical (unpaired) electrons. The van der Waals surface area contributed by atoms with E-state index in [1.165, 1.54) is 6.21 Å². The molecule has 8 heteroatoms. The molecule has 0 bridgehead atoms. The molecule has 0 spiro atoms. The van der Waals surface area contributed by atoms with Crippen LogP contribution in [-0.4, -0.2) is 35.2 Å². The Bertz CT molecular complexity index is 804. The van der Waals surface area contributed by atoms with Crippen molar-refractivity contribution in [2.45, 2.75) is 13.8 Å². The number of hydrazone groups is 1. The topological polar surface area (TPSA) is 110 Å².